The molecular weight excluding hydrogens is 1940 g/mol. The third-order valence-corrected chi connectivity index (χ3v) is 30.3. The molecule has 0 aliphatic rings. The summed E-state index contributed by atoms with van der Waals surface area (Å²) in [6.45, 7) is 0. The van der Waals surface area contributed by atoms with Gasteiger partial charge in [-0.2, -0.15) is 56.7 Å². The first-order chi connectivity index (χ1) is 64.9. The number of carboxylic acid groups (broad SMARTS) is 3. The largest absolute Gasteiger partial charge is 1.00 e. The zero-order chi connectivity index (χ0) is 94.0. The van der Waals surface area contributed by atoms with Crippen molar-refractivity contribution in [1.29, 1.82) is 0 Å². The van der Waals surface area contributed by atoms with Crippen molar-refractivity contribution in [2.24, 2.45) is 0 Å². The summed E-state index contributed by atoms with van der Waals surface area (Å²) in [5.74, 6) is -3.60. The molecular formula is C112H94Br2O13P2S5. The summed E-state index contributed by atoms with van der Waals surface area (Å²) in [5, 5.41) is 55.4. The van der Waals surface area contributed by atoms with Crippen LogP contribution in [-0.2, 0) is 25.7 Å². The van der Waals surface area contributed by atoms with Crippen LogP contribution < -0.4 is 48.8 Å². The van der Waals surface area contributed by atoms with Crippen molar-refractivity contribution >= 4 is 210 Å². The molecule has 5 aromatic heterocycles. The van der Waals surface area contributed by atoms with Gasteiger partial charge in [0, 0.05) is 16.3 Å². The Morgan fingerprint density at radius 1 is 0.291 bits per heavy atom. The Labute approximate surface area is 822 Å². The highest BCUT2D eigenvalue weighted by Crippen LogP contribution is 2.58. The van der Waals surface area contributed by atoms with Gasteiger partial charge in [-0.25, -0.2) is 28.8 Å². The molecule has 0 unspecified atom stereocenters. The third-order valence-electron chi connectivity index (χ3n) is 19.3. The van der Waals surface area contributed by atoms with E-state index >= 15 is 0 Å². The molecule has 0 saturated carbocycles. The number of aromatic carboxylic acids is 3. The minimum Gasteiger partial charge on any atom is -1.00 e. The Morgan fingerprint density at radius 3 is 0.784 bits per heavy atom. The van der Waals surface area contributed by atoms with E-state index in [0.29, 0.717) is 33.4 Å². The SMILES string of the molecule is COC(=O)c1cccc(/C=C/c2ccsc2)c1.COC(=O)c1cccc(CBr)c1.COC(=O)c1cccc(C[P+](c2ccccc2)(c2ccccc2)c2ccccc2)c1.O=C(O)c1cccc(/C=C/c2ccsc2)c1.O=C(O)c1cccc(/C=C/c2ccsc2)c1.O=C(O)c1cccc(/C=C\c2ccsc2)c1.O=Cc1ccsc1.[Br-].c1ccc(P(c2ccccc2)c2ccccc2)cc1. The number of hydrogen-bond donors (Lipinski definition) is 3. The number of methoxy groups -OCH3 is 3. The highest BCUT2D eigenvalue weighted by atomic mass is 79.9. The second-order valence-electron chi connectivity index (χ2n) is 28.5. The topological polar surface area (TPSA) is 208 Å². The molecule has 0 aliphatic heterocycles. The van der Waals surface area contributed by atoms with Gasteiger partial charge in [0.05, 0.1) is 60.9 Å². The summed E-state index contributed by atoms with van der Waals surface area (Å²) < 4.78 is 14.2. The lowest BCUT2D eigenvalue weighted by Crippen LogP contribution is -3.00. The summed E-state index contributed by atoms with van der Waals surface area (Å²) in [6.07, 6.45) is 17.3. The first-order valence-electron chi connectivity index (χ1n) is 41.3. The summed E-state index contributed by atoms with van der Waals surface area (Å²) in [5.41, 5.74) is 13.9. The van der Waals surface area contributed by atoms with Crippen LogP contribution in [-0.4, -0.2) is 78.8 Å². The fourth-order valence-electron chi connectivity index (χ4n) is 12.8. The second kappa shape index (κ2) is 57.7. The van der Waals surface area contributed by atoms with Gasteiger partial charge in [-0.15, -0.1) is 0 Å². The molecule has 0 amide bonds. The Morgan fingerprint density at radius 2 is 0.530 bits per heavy atom. The average Bonchev–Trinajstić information content (AvgIpc) is 1.04. The molecule has 5 heterocycles. The highest BCUT2D eigenvalue weighted by molar-refractivity contribution is 9.08. The fourth-order valence-corrected chi connectivity index (χ4v) is 22.8. The van der Waals surface area contributed by atoms with E-state index in [1.807, 2.05) is 188 Å². The number of hydrogen-bond acceptors (Lipinski definition) is 15. The molecule has 0 fully saturated rings. The predicted octanol–water partition coefficient (Wildman–Crippen LogP) is 23.9. The number of ether oxygens (including phenoxy) is 3. The molecule has 0 saturated heterocycles. The Kier molecular flexibility index (Phi) is 44.8. The van der Waals surface area contributed by atoms with E-state index in [0.717, 1.165) is 73.4 Å². The normalized spacial score (nSPS) is 10.5. The van der Waals surface area contributed by atoms with Crippen molar-refractivity contribution in [2.75, 3.05) is 21.3 Å². The maximum absolute atomic E-state index is 12.1. The minimum atomic E-state index is -1.99. The van der Waals surface area contributed by atoms with Gasteiger partial charge in [0.15, 0.2) is 6.29 Å². The van der Waals surface area contributed by atoms with E-state index in [9.17, 15) is 33.6 Å². The van der Waals surface area contributed by atoms with E-state index in [2.05, 4.69) is 219 Å². The van der Waals surface area contributed by atoms with Crippen molar-refractivity contribution in [3.05, 3.63) is 506 Å². The fraction of sp³-hybridized carbons (Fsp3) is 0.0446. The van der Waals surface area contributed by atoms with Crippen LogP contribution >= 0.6 is 87.8 Å². The van der Waals surface area contributed by atoms with Gasteiger partial charge in [-0.1, -0.05) is 283 Å². The number of rotatable bonds is 24. The average molecular weight is 2030 g/mol. The lowest BCUT2D eigenvalue weighted by atomic mass is 10.1. The molecule has 0 spiro atoms. The first kappa shape index (κ1) is 104. The molecule has 674 valence electrons. The van der Waals surface area contributed by atoms with Gasteiger partial charge in [0.2, 0.25) is 0 Å². The lowest BCUT2D eigenvalue weighted by Gasteiger charge is -2.28. The van der Waals surface area contributed by atoms with E-state index < -0.39 is 33.1 Å². The van der Waals surface area contributed by atoms with Crippen molar-refractivity contribution < 1.29 is 80.1 Å². The van der Waals surface area contributed by atoms with Crippen molar-refractivity contribution in [1.82, 2.24) is 0 Å². The van der Waals surface area contributed by atoms with E-state index in [1.165, 1.54) is 70.1 Å². The molecule has 17 aromatic rings. The smallest absolute Gasteiger partial charge is 0.337 e. The summed E-state index contributed by atoms with van der Waals surface area (Å²) >= 11 is 11.4. The van der Waals surface area contributed by atoms with Crippen molar-refractivity contribution in [2.45, 2.75) is 11.5 Å². The van der Waals surface area contributed by atoms with E-state index in [1.54, 1.807) is 124 Å². The summed E-state index contributed by atoms with van der Waals surface area (Å²) in [4.78, 5) is 76.7. The number of halogens is 2. The number of benzene rings is 12. The van der Waals surface area contributed by atoms with Crippen LogP contribution in [0.5, 0.6) is 0 Å². The van der Waals surface area contributed by atoms with Gasteiger partial charge in [0.1, 0.15) is 23.2 Å². The molecule has 134 heavy (non-hydrogen) atoms. The predicted molar refractivity (Wildman–Crippen MR) is 563 cm³/mol. The van der Waals surface area contributed by atoms with Gasteiger partial charge >= 0.3 is 35.8 Å². The van der Waals surface area contributed by atoms with Crippen LogP contribution in [0.1, 0.15) is 128 Å². The van der Waals surface area contributed by atoms with Crippen molar-refractivity contribution in [3.8, 4) is 0 Å². The molecule has 0 atom stereocenters. The zero-order valence-electron chi connectivity index (χ0n) is 73.1. The van der Waals surface area contributed by atoms with Crippen LogP contribution in [0.4, 0.5) is 0 Å². The molecule has 13 nitrogen and oxygen atoms in total. The van der Waals surface area contributed by atoms with Crippen molar-refractivity contribution in [3.63, 3.8) is 0 Å². The van der Waals surface area contributed by atoms with Crippen LogP contribution in [0, 0.1) is 0 Å². The molecule has 12 aromatic carbocycles. The highest BCUT2D eigenvalue weighted by Gasteiger charge is 2.45. The second-order valence-corrected chi connectivity index (χ2v) is 38.6. The summed E-state index contributed by atoms with van der Waals surface area (Å²) in [7, 11) is 1.75. The third kappa shape index (κ3) is 34.2. The minimum absolute atomic E-state index is 0. The molecule has 17 rings (SSSR count). The number of thiophene rings is 5. The van der Waals surface area contributed by atoms with E-state index in [4.69, 9.17) is 20.1 Å². The quantitative estimate of drug-likeness (QED) is 0.0169. The van der Waals surface area contributed by atoms with Crippen LogP contribution in [0.15, 0.2) is 412 Å². The summed E-state index contributed by atoms with van der Waals surface area (Å²) in [6, 6.07) is 118. The standard InChI is InChI=1S/C27H24O2P.C18H15P.C14H12O2S.3C13H10O2S.C9H9BrO2.C5H4OS.BrH/c1-29-27(28)23-13-11-12-22(20-23)21-30(24-14-5-2-6-15-24,25-16-7-3-8-17-25)26-18-9-4-10-19-26;1-4-10-16(11-5-1)19(17-12-6-2-7-13-17)18-14-8-3-9-15-18;1-16-14(15)13-4-2-3-11(9-13)5-6-12-7-8-17-10-12;3*14-13(15)12-3-1-2-10(8-12)4-5-11-6-7-16-9-11;1-12-9(11)8-4-2-3-7(5-8)6-10;6-3-5-1-2-7-4-5;/h2-20H,21H2,1H3;1-15H;2-10H,1H3;3*1-9H,(H,14,15);2-5H,6H2,1H3;1-4H;1H/q+1;;;;;;;;/p-1/b;;6-5+;2*5-4+;5-4-;;;. The van der Waals surface area contributed by atoms with Crippen LogP contribution in [0.3, 0.4) is 0 Å². The van der Waals surface area contributed by atoms with Gasteiger partial charge in [-0.3, -0.25) is 4.79 Å². The van der Waals surface area contributed by atoms with E-state index in [-0.39, 0.29) is 34.9 Å². The maximum Gasteiger partial charge on any atom is 0.337 e. The number of alkyl halides is 1. The lowest BCUT2D eigenvalue weighted by molar-refractivity contribution is -0.000110. The zero-order valence-corrected chi connectivity index (χ0v) is 82.1. The number of carbonyl (C=O) groups is 7. The molecule has 22 heteroatoms. The Balaban J connectivity index is 0.000000176. The number of esters is 3. The molecule has 3 N–H and O–H groups in total. The molecule has 0 radical (unpaired) electrons. The Bertz CT molecular complexity index is 6100. The van der Waals surface area contributed by atoms with Gasteiger partial charge < -0.3 is 46.5 Å². The van der Waals surface area contributed by atoms with Crippen LogP contribution in [0.25, 0.3) is 48.6 Å². The maximum atomic E-state index is 12.1. The molecule has 0 aliphatic carbocycles. The monoisotopic (exact) mass is 2030 g/mol. The number of carboxylic acids is 3. The molecule has 0 bridgehead atoms. The number of aldehydes is 1. The van der Waals surface area contributed by atoms with Gasteiger partial charge in [-0.05, 0) is 267 Å². The Hall–Kier alpha value is -13.6. The number of carbonyl (C=O) groups excluding carboxylic acids is 4. The van der Waals surface area contributed by atoms with Gasteiger partial charge in [0.25, 0.3) is 0 Å². The first-order valence-corrected chi connectivity index (χ1v) is 50.5. The van der Waals surface area contributed by atoms with Crippen LogP contribution in [0.2, 0.25) is 0 Å².